The predicted octanol–water partition coefficient (Wildman–Crippen LogP) is 0.830. The molecule has 0 fully saturated rings. The summed E-state index contributed by atoms with van der Waals surface area (Å²) in [6.45, 7) is 3.58. The molecule has 0 N–H and O–H groups in total. The molecule has 0 unspecified atom stereocenters. The molecule has 0 radical (unpaired) electrons. The topological polar surface area (TPSA) is 34.1 Å². The van der Waals surface area contributed by atoms with Crippen molar-refractivity contribution in [1.29, 1.82) is 0 Å². The van der Waals surface area contributed by atoms with Crippen molar-refractivity contribution in [2.75, 3.05) is 6.26 Å². The summed E-state index contributed by atoms with van der Waals surface area (Å²) in [6.07, 6.45) is 1.97. The van der Waals surface area contributed by atoms with Crippen LogP contribution in [-0.2, 0) is 9.84 Å². The van der Waals surface area contributed by atoms with Crippen molar-refractivity contribution in [3.8, 4) is 0 Å². The van der Waals surface area contributed by atoms with E-state index < -0.39 is 9.84 Å². The Hall–Kier alpha value is -0.0500. The van der Waals surface area contributed by atoms with Gasteiger partial charge in [0.2, 0.25) is 0 Å². The molecule has 50 valence electrons. The van der Waals surface area contributed by atoms with E-state index in [1.165, 1.54) is 6.26 Å². The van der Waals surface area contributed by atoms with Crippen LogP contribution in [-0.4, -0.2) is 19.9 Å². The van der Waals surface area contributed by atoms with Crippen LogP contribution in [0.25, 0.3) is 0 Å². The number of sulfone groups is 1. The van der Waals surface area contributed by atoms with Crippen LogP contribution >= 0.6 is 0 Å². The standard InChI is InChI=1S/C5H12O2S/c1-4-5(2)8(3,6)7/h5H,4H2,1-3H3/t5-/m1/s1. The number of hydrogen-bond acceptors (Lipinski definition) is 2. The van der Waals surface area contributed by atoms with Gasteiger partial charge in [0.05, 0.1) is 5.25 Å². The van der Waals surface area contributed by atoms with Crippen molar-refractivity contribution < 1.29 is 8.42 Å². The summed E-state index contributed by atoms with van der Waals surface area (Å²) in [5.74, 6) is 0. The van der Waals surface area contributed by atoms with Crippen molar-refractivity contribution in [2.24, 2.45) is 0 Å². The molecular weight excluding hydrogens is 124 g/mol. The van der Waals surface area contributed by atoms with E-state index in [4.69, 9.17) is 0 Å². The van der Waals surface area contributed by atoms with E-state index in [0.717, 1.165) is 0 Å². The summed E-state index contributed by atoms with van der Waals surface area (Å²) < 4.78 is 21.1. The Balaban J connectivity index is 4.04. The molecule has 8 heavy (non-hydrogen) atoms. The molecule has 0 aliphatic rings. The summed E-state index contributed by atoms with van der Waals surface area (Å²) in [5, 5.41) is -0.178. The SMILES string of the molecule is CC[C@@H](C)S(C)(=O)=O. The number of rotatable bonds is 2. The molecule has 0 heterocycles. The van der Waals surface area contributed by atoms with Crippen molar-refractivity contribution in [3.05, 3.63) is 0 Å². The third-order valence-corrected chi connectivity index (χ3v) is 3.10. The van der Waals surface area contributed by atoms with Gasteiger partial charge in [-0.15, -0.1) is 0 Å². The van der Waals surface area contributed by atoms with E-state index in [1.54, 1.807) is 6.92 Å². The second-order valence-electron chi connectivity index (χ2n) is 2.05. The normalized spacial score (nSPS) is 15.9. The van der Waals surface area contributed by atoms with Crippen LogP contribution in [0.2, 0.25) is 0 Å². The van der Waals surface area contributed by atoms with E-state index in [9.17, 15) is 8.42 Å². The van der Waals surface area contributed by atoms with Gasteiger partial charge in [-0.1, -0.05) is 6.92 Å². The Morgan fingerprint density at radius 1 is 1.50 bits per heavy atom. The molecule has 0 aliphatic carbocycles. The highest BCUT2D eigenvalue weighted by atomic mass is 32.2. The molecule has 0 aromatic rings. The van der Waals surface area contributed by atoms with Gasteiger partial charge >= 0.3 is 0 Å². The number of hydrogen-bond donors (Lipinski definition) is 0. The van der Waals surface area contributed by atoms with E-state index in [2.05, 4.69) is 0 Å². The van der Waals surface area contributed by atoms with Crippen LogP contribution in [0, 0.1) is 0 Å². The fraction of sp³-hybridized carbons (Fsp3) is 1.00. The minimum absolute atomic E-state index is 0.178. The zero-order valence-corrected chi connectivity index (χ0v) is 6.33. The maximum atomic E-state index is 10.6. The molecule has 0 aliphatic heterocycles. The van der Waals surface area contributed by atoms with E-state index in [-0.39, 0.29) is 5.25 Å². The second-order valence-corrected chi connectivity index (χ2v) is 4.51. The third-order valence-electron chi connectivity index (χ3n) is 1.31. The highest BCUT2D eigenvalue weighted by Gasteiger charge is 2.10. The lowest BCUT2D eigenvalue weighted by Gasteiger charge is -2.02. The summed E-state index contributed by atoms with van der Waals surface area (Å²) in [4.78, 5) is 0. The lowest BCUT2D eigenvalue weighted by molar-refractivity contribution is 0.587. The molecule has 2 nitrogen and oxygen atoms in total. The Morgan fingerprint density at radius 3 is 1.88 bits per heavy atom. The first-order valence-corrected chi connectivity index (χ1v) is 4.62. The van der Waals surface area contributed by atoms with Crippen molar-refractivity contribution >= 4 is 9.84 Å². The van der Waals surface area contributed by atoms with Gasteiger partial charge in [0.15, 0.2) is 0 Å². The van der Waals surface area contributed by atoms with Gasteiger partial charge < -0.3 is 0 Å². The molecule has 0 rings (SSSR count). The molecule has 0 bridgehead atoms. The molecule has 0 saturated carbocycles. The van der Waals surface area contributed by atoms with Gasteiger partial charge in [-0.3, -0.25) is 0 Å². The van der Waals surface area contributed by atoms with Crippen LogP contribution in [0.5, 0.6) is 0 Å². The van der Waals surface area contributed by atoms with E-state index >= 15 is 0 Å². The first-order valence-electron chi connectivity index (χ1n) is 2.67. The Labute approximate surface area is 50.8 Å². The van der Waals surface area contributed by atoms with Crippen LogP contribution in [0.4, 0.5) is 0 Å². The van der Waals surface area contributed by atoms with Gasteiger partial charge in [0.25, 0.3) is 0 Å². The van der Waals surface area contributed by atoms with Crippen molar-refractivity contribution in [1.82, 2.24) is 0 Å². The highest BCUT2D eigenvalue weighted by Crippen LogP contribution is 2.00. The predicted molar refractivity (Wildman–Crippen MR) is 34.6 cm³/mol. The summed E-state index contributed by atoms with van der Waals surface area (Å²) in [7, 11) is -2.75. The second kappa shape index (κ2) is 2.49. The minimum Gasteiger partial charge on any atom is -0.229 e. The Bertz CT molecular complexity index is 146. The summed E-state index contributed by atoms with van der Waals surface area (Å²) in [5.41, 5.74) is 0. The van der Waals surface area contributed by atoms with Crippen molar-refractivity contribution in [3.63, 3.8) is 0 Å². The van der Waals surface area contributed by atoms with Gasteiger partial charge in [-0.2, -0.15) is 0 Å². The molecule has 0 saturated heterocycles. The first-order chi connectivity index (χ1) is 3.48. The van der Waals surface area contributed by atoms with E-state index in [1.807, 2.05) is 6.92 Å². The average molecular weight is 136 g/mol. The van der Waals surface area contributed by atoms with Crippen LogP contribution in [0.1, 0.15) is 20.3 Å². The molecule has 0 aromatic carbocycles. The first kappa shape index (κ1) is 7.95. The quantitative estimate of drug-likeness (QED) is 0.563. The third kappa shape index (κ3) is 2.31. The van der Waals surface area contributed by atoms with Crippen LogP contribution in [0.15, 0.2) is 0 Å². The van der Waals surface area contributed by atoms with Gasteiger partial charge in [-0.25, -0.2) is 8.42 Å². The lowest BCUT2D eigenvalue weighted by atomic mass is 10.4. The zero-order chi connectivity index (χ0) is 6.78. The molecule has 0 aromatic heterocycles. The fourth-order valence-electron chi connectivity index (χ4n) is 0.303. The molecule has 0 amide bonds. The van der Waals surface area contributed by atoms with Gasteiger partial charge in [-0.05, 0) is 13.3 Å². The maximum absolute atomic E-state index is 10.6. The Kier molecular flexibility index (Phi) is 2.47. The Morgan fingerprint density at radius 2 is 1.88 bits per heavy atom. The van der Waals surface area contributed by atoms with Gasteiger partial charge in [0, 0.05) is 6.26 Å². The van der Waals surface area contributed by atoms with Gasteiger partial charge in [0.1, 0.15) is 9.84 Å². The minimum atomic E-state index is -2.75. The van der Waals surface area contributed by atoms with E-state index in [0.29, 0.717) is 6.42 Å². The molecule has 3 heteroatoms. The molecule has 1 atom stereocenters. The highest BCUT2D eigenvalue weighted by molar-refractivity contribution is 7.91. The van der Waals surface area contributed by atoms with Crippen LogP contribution < -0.4 is 0 Å². The summed E-state index contributed by atoms with van der Waals surface area (Å²) >= 11 is 0. The van der Waals surface area contributed by atoms with Crippen molar-refractivity contribution in [2.45, 2.75) is 25.5 Å². The lowest BCUT2D eigenvalue weighted by Crippen LogP contribution is -2.13. The zero-order valence-electron chi connectivity index (χ0n) is 5.51. The average Bonchev–Trinajstić information content (AvgIpc) is 1.62. The fourth-order valence-corrected chi connectivity index (χ4v) is 0.908. The maximum Gasteiger partial charge on any atom is 0.150 e. The summed E-state index contributed by atoms with van der Waals surface area (Å²) in [6, 6.07) is 0. The largest absolute Gasteiger partial charge is 0.229 e. The van der Waals surface area contributed by atoms with Crippen LogP contribution in [0.3, 0.4) is 0 Å². The molecule has 0 spiro atoms. The smallest absolute Gasteiger partial charge is 0.150 e. The molecular formula is C5H12O2S. The monoisotopic (exact) mass is 136 g/mol.